The number of amides is 1. The highest BCUT2D eigenvalue weighted by Gasteiger charge is 2.16. The molecule has 0 fully saturated rings. The molecule has 3 aromatic carbocycles. The zero-order valence-electron chi connectivity index (χ0n) is 16.7. The van der Waals surface area contributed by atoms with Gasteiger partial charge in [0.2, 0.25) is 0 Å². The number of hydrogen-bond donors (Lipinski definition) is 2. The second-order valence-corrected chi connectivity index (χ2v) is 6.32. The largest absolute Gasteiger partial charge is 0.507 e. The van der Waals surface area contributed by atoms with Crippen molar-refractivity contribution in [3.63, 3.8) is 0 Å². The number of esters is 1. The van der Waals surface area contributed by atoms with Crippen LogP contribution in [0, 0.1) is 10.1 Å². The number of ether oxygens (including phenoxy) is 2. The standard InChI is InChI=1S/C22H17N3O7/c1-31-17-6-4-5-14(12-17)22(28)32-20-10-9-16(25(29)30)11-15(20)13-23-24-21(27)18-7-2-3-8-19(18)26/h2-13,26H,1H3,(H,24,27)/b23-13+. The van der Waals surface area contributed by atoms with Gasteiger partial charge in [-0.2, -0.15) is 5.10 Å². The van der Waals surface area contributed by atoms with E-state index in [4.69, 9.17) is 9.47 Å². The third-order valence-corrected chi connectivity index (χ3v) is 4.23. The Morgan fingerprint density at radius 1 is 1.09 bits per heavy atom. The van der Waals surface area contributed by atoms with Crippen LogP contribution in [0.2, 0.25) is 0 Å². The lowest BCUT2D eigenvalue weighted by Crippen LogP contribution is -2.18. The molecule has 0 aromatic heterocycles. The van der Waals surface area contributed by atoms with Crippen LogP contribution in [-0.2, 0) is 0 Å². The van der Waals surface area contributed by atoms with E-state index in [1.807, 2.05) is 0 Å². The summed E-state index contributed by atoms with van der Waals surface area (Å²) < 4.78 is 10.4. The number of phenolic OH excluding ortho intramolecular Hbond substituents is 1. The molecule has 10 nitrogen and oxygen atoms in total. The fourth-order valence-corrected chi connectivity index (χ4v) is 2.64. The van der Waals surface area contributed by atoms with Crippen molar-refractivity contribution in [2.24, 2.45) is 5.10 Å². The van der Waals surface area contributed by atoms with Gasteiger partial charge in [-0.25, -0.2) is 10.2 Å². The first-order valence-corrected chi connectivity index (χ1v) is 9.15. The molecule has 0 spiro atoms. The van der Waals surface area contributed by atoms with Gasteiger partial charge in [0.25, 0.3) is 11.6 Å². The number of hydrazone groups is 1. The summed E-state index contributed by atoms with van der Waals surface area (Å²) in [5.41, 5.74) is 2.22. The Balaban J connectivity index is 1.83. The van der Waals surface area contributed by atoms with Crippen molar-refractivity contribution >= 4 is 23.8 Å². The molecule has 0 aliphatic rings. The molecule has 0 aliphatic carbocycles. The maximum atomic E-state index is 12.5. The van der Waals surface area contributed by atoms with Crippen LogP contribution >= 0.6 is 0 Å². The smallest absolute Gasteiger partial charge is 0.343 e. The molecule has 0 saturated carbocycles. The lowest BCUT2D eigenvalue weighted by Gasteiger charge is -2.08. The molecule has 2 N–H and O–H groups in total. The maximum absolute atomic E-state index is 12.5. The Kier molecular flexibility index (Phi) is 6.76. The van der Waals surface area contributed by atoms with Crippen molar-refractivity contribution < 1.29 is 29.1 Å². The molecule has 0 saturated heterocycles. The van der Waals surface area contributed by atoms with Gasteiger partial charge in [-0.15, -0.1) is 0 Å². The van der Waals surface area contributed by atoms with Crippen molar-refractivity contribution in [1.82, 2.24) is 5.43 Å². The number of aromatic hydroxyl groups is 1. The average molecular weight is 435 g/mol. The van der Waals surface area contributed by atoms with Crippen LogP contribution < -0.4 is 14.9 Å². The summed E-state index contributed by atoms with van der Waals surface area (Å²) in [6, 6.07) is 15.7. The number of methoxy groups -OCH3 is 1. The van der Waals surface area contributed by atoms with Crippen molar-refractivity contribution in [2.75, 3.05) is 7.11 Å². The van der Waals surface area contributed by atoms with Gasteiger partial charge in [-0.1, -0.05) is 18.2 Å². The Morgan fingerprint density at radius 3 is 2.59 bits per heavy atom. The van der Waals surface area contributed by atoms with E-state index < -0.39 is 16.8 Å². The summed E-state index contributed by atoms with van der Waals surface area (Å²) in [6.07, 6.45) is 1.10. The second-order valence-electron chi connectivity index (χ2n) is 6.32. The number of nitrogens with one attached hydrogen (secondary N) is 1. The van der Waals surface area contributed by atoms with E-state index in [0.717, 1.165) is 12.3 Å². The summed E-state index contributed by atoms with van der Waals surface area (Å²) in [4.78, 5) is 35.2. The second kappa shape index (κ2) is 9.85. The quantitative estimate of drug-likeness (QED) is 0.191. The van der Waals surface area contributed by atoms with Crippen molar-refractivity contribution in [2.45, 2.75) is 0 Å². The number of phenols is 1. The van der Waals surface area contributed by atoms with Gasteiger partial charge >= 0.3 is 5.97 Å². The van der Waals surface area contributed by atoms with Gasteiger partial charge in [-0.05, 0) is 36.4 Å². The average Bonchev–Trinajstić information content (AvgIpc) is 2.80. The number of nitro groups is 1. The molecule has 3 aromatic rings. The van der Waals surface area contributed by atoms with E-state index in [1.54, 1.807) is 24.3 Å². The molecule has 0 atom stereocenters. The number of non-ortho nitro benzene ring substituents is 1. The first-order valence-electron chi connectivity index (χ1n) is 9.15. The third-order valence-electron chi connectivity index (χ3n) is 4.23. The molecule has 32 heavy (non-hydrogen) atoms. The zero-order valence-corrected chi connectivity index (χ0v) is 16.7. The molecular weight excluding hydrogens is 418 g/mol. The Hall–Kier alpha value is -4.73. The van der Waals surface area contributed by atoms with Gasteiger partial charge in [0.15, 0.2) is 0 Å². The van der Waals surface area contributed by atoms with Crippen LogP contribution in [0.1, 0.15) is 26.3 Å². The Morgan fingerprint density at radius 2 is 1.88 bits per heavy atom. The van der Waals surface area contributed by atoms with Gasteiger partial charge < -0.3 is 14.6 Å². The molecular formula is C22H17N3O7. The lowest BCUT2D eigenvalue weighted by atomic mass is 10.2. The van der Waals surface area contributed by atoms with E-state index in [-0.39, 0.29) is 33.9 Å². The van der Waals surface area contributed by atoms with E-state index in [1.165, 1.54) is 43.5 Å². The molecule has 1 amide bonds. The van der Waals surface area contributed by atoms with Crippen LogP contribution in [-0.4, -0.2) is 35.2 Å². The number of carbonyl (C=O) groups excluding carboxylic acids is 2. The number of nitro benzene ring substituents is 1. The van der Waals surface area contributed by atoms with Gasteiger partial charge in [-0.3, -0.25) is 14.9 Å². The highest BCUT2D eigenvalue weighted by Crippen LogP contribution is 2.24. The molecule has 0 heterocycles. The number of para-hydroxylation sites is 1. The summed E-state index contributed by atoms with van der Waals surface area (Å²) in [5.74, 6) is -1.20. The van der Waals surface area contributed by atoms with Gasteiger partial charge in [0.1, 0.15) is 17.2 Å². The minimum Gasteiger partial charge on any atom is -0.507 e. The monoisotopic (exact) mass is 435 g/mol. The van der Waals surface area contributed by atoms with E-state index in [9.17, 15) is 24.8 Å². The van der Waals surface area contributed by atoms with Crippen molar-refractivity contribution in [3.05, 3.63) is 93.5 Å². The first kappa shape index (κ1) is 22.0. The van der Waals surface area contributed by atoms with Crippen molar-refractivity contribution in [3.8, 4) is 17.2 Å². The zero-order chi connectivity index (χ0) is 23.1. The number of rotatable bonds is 7. The Bertz CT molecular complexity index is 1210. The van der Waals surface area contributed by atoms with Gasteiger partial charge in [0, 0.05) is 17.7 Å². The predicted octanol–water partition coefficient (Wildman–Crippen LogP) is 3.29. The van der Waals surface area contributed by atoms with E-state index in [2.05, 4.69) is 10.5 Å². The Labute approximate surface area is 181 Å². The summed E-state index contributed by atoms with van der Waals surface area (Å²) in [6.45, 7) is 0. The molecule has 162 valence electrons. The highest BCUT2D eigenvalue weighted by atomic mass is 16.6. The highest BCUT2D eigenvalue weighted by molar-refractivity contribution is 5.98. The van der Waals surface area contributed by atoms with Crippen LogP contribution in [0.3, 0.4) is 0 Å². The lowest BCUT2D eigenvalue weighted by molar-refractivity contribution is -0.384. The topological polar surface area (TPSA) is 140 Å². The first-order chi connectivity index (χ1) is 15.4. The third kappa shape index (κ3) is 5.25. The molecule has 0 unspecified atom stereocenters. The van der Waals surface area contributed by atoms with Crippen LogP contribution in [0.15, 0.2) is 71.8 Å². The SMILES string of the molecule is COc1cccc(C(=O)Oc2ccc([N+](=O)[O-])cc2/C=N/NC(=O)c2ccccc2O)c1. The maximum Gasteiger partial charge on any atom is 0.343 e. The number of benzene rings is 3. The predicted molar refractivity (Wildman–Crippen MR) is 114 cm³/mol. The van der Waals surface area contributed by atoms with Gasteiger partial charge in [0.05, 0.1) is 29.4 Å². The number of hydrogen-bond acceptors (Lipinski definition) is 8. The fourth-order valence-electron chi connectivity index (χ4n) is 2.64. The minimum atomic E-state index is -0.717. The molecule has 0 bridgehead atoms. The molecule has 0 radical (unpaired) electrons. The number of carbonyl (C=O) groups is 2. The molecule has 0 aliphatic heterocycles. The molecule has 3 rings (SSSR count). The van der Waals surface area contributed by atoms with Crippen LogP contribution in [0.4, 0.5) is 5.69 Å². The minimum absolute atomic E-state index is 0.00614. The summed E-state index contributed by atoms with van der Waals surface area (Å²) in [7, 11) is 1.46. The normalized spacial score (nSPS) is 10.5. The van der Waals surface area contributed by atoms with Crippen LogP contribution in [0.25, 0.3) is 0 Å². The van der Waals surface area contributed by atoms with Crippen molar-refractivity contribution in [1.29, 1.82) is 0 Å². The van der Waals surface area contributed by atoms with E-state index >= 15 is 0 Å². The van der Waals surface area contributed by atoms with E-state index in [0.29, 0.717) is 5.75 Å². The molecule has 10 heteroatoms. The number of nitrogens with zero attached hydrogens (tertiary/aromatic N) is 2. The summed E-state index contributed by atoms with van der Waals surface area (Å²) >= 11 is 0. The van der Waals surface area contributed by atoms with Crippen LogP contribution in [0.5, 0.6) is 17.2 Å². The fraction of sp³-hybridized carbons (Fsp3) is 0.0455. The summed E-state index contributed by atoms with van der Waals surface area (Å²) in [5, 5.41) is 24.6.